The number of para-hydroxylation sites is 1. The molecule has 2 aromatic rings. The Bertz CT molecular complexity index is 810. The van der Waals surface area contributed by atoms with Gasteiger partial charge in [-0.2, -0.15) is 0 Å². The Morgan fingerprint density at radius 3 is 2.54 bits per heavy atom. The number of nitrogens with one attached hydrogen (secondary N) is 1. The van der Waals surface area contributed by atoms with Gasteiger partial charge >= 0.3 is 0 Å². The SMILES string of the molecule is O=C(Nc1ccccc1Cl)C1CC(=O)N(c2ccc(Cl)cc2Cl)C1. The topological polar surface area (TPSA) is 49.4 Å². The lowest BCUT2D eigenvalue weighted by Gasteiger charge is -2.18. The minimum absolute atomic E-state index is 0.120. The first-order valence-electron chi connectivity index (χ1n) is 7.26. The summed E-state index contributed by atoms with van der Waals surface area (Å²) >= 11 is 18.1. The first kappa shape index (κ1) is 17.1. The summed E-state index contributed by atoms with van der Waals surface area (Å²) in [6.45, 7) is 0.260. The Balaban J connectivity index is 1.74. The van der Waals surface area contributed by atoms with Crippen LogP contribution in [0.15, 0.2) is 42.5 Å². The molecule has 0 bridgehead atoms. The molecule has 1 N–H and O–H groups in total. The molecule has 0 saturated carbocycles. The average Bonchev–Trinajstić information content (AvgIpc) is 2.91. The zero-order valence-corrected chi connectivity index (χ0v) is 14.7. The maximum Gasteiger partial charge on any atom is 0.229 e. The number of carbonyl (C=O) groups excluding carboxylic acids is 2. The third-order valence-corrected chi connectivity index (χ3v) is 4.70. The van der Waals surface area contributed by atoms with Crippen molar-refractivity contribution in [1.82, 2.24) is 0 Å². The Morgan fingerprint density at radius 1 is 1.08 bits per heavy atom. The summed E-state index contributed by atoms with van der Waals surface area (Å²) < 4.78 is 0. The number of hydrogen-bond acceptors (Lipinski definition) is 2. The van der Waals surface area contributed by atoms with Crippen molar-refractivity contribution < 1.29 is 9.59 Å². The molecule has 1 aliphatic heterocycles. The molecule has 1 saturated heterocycles. The van der Waals surface area contributed by atoms with E-state index < -0.39 is 5.92 Å². The second kappa shape index (κ2) is 7.01. The quantitative estimate of drug-likeness (QED) is 0.839. The van der Waals surface area contributed by atoms with E-state index in [9.17, 15) is 9.59 Å². The summed E-state index contributed by atoms with van der Waals surface area (Å²) in [4.78, 5) is 26.2. The summed E-state index contributed by atoms with van der Waals surface area (Å²) in [7, 11) is 0. The third-order valence-electron chi connectivity index (χ3n) is 3.83. The monoisotopic (exact) mass is 382 g/mol. The number of anilines is 2. The van der Waals surface area contributed by atoms with Gasteiger partial charge in [0.1, 0.15) is 0 Å². The predicted octanol–water partition coefficient (Wildman–Crippen LogP) is 4.64. The maximum atomic E-state index is 12.4. The smallest absolute Gasteiger partial charge is 0.229 e. The van der Waals surface area contributed by atoms with Crippen LogP contribution in [-0.4, -0.2) is 18.4 Å². The van der Waals surface area contributed by atoms with E-state index in [1.165, 1.54) is 4.90 Å². The highest BCUT2D eigenvalue weighted by Crippen LogP contribution is 2.33. The Morgan fingerprint density at radius 2 is 1.83 bits per heavy atom. The van der Waals surface area contributed by atoms with Gasteiger partial charge in [0.15, 0.2) is 0 Å². The van der Waals surface area contributed by atoms with Crippen LogP contribution in [0.2, 0.25) is 15.1 Å². The van der Waals surface area contributed by atoms with Crippen LogP contribution in [0.1, 0.15) is 6.42 Å². The molecule has 7 heteroatoms. The molecule has 124 valence electrons. The van der Waals surface area contributed by atoms with E-state index in [2.05, 4.69) is 5.32 Å². The molecule has 24 heavy (non-hydrogen) atoms. The zero-order valence-electron chi connectivity index (χ0n) is 12.4. The van der Waals surface area contributed by atoms with Crippen molar-refractivity contribution in [3.8, 4) is 0 Å². The molecule has 3 rings (SSSR count). The van der Waals surface area contributed by atoms with E-state index in [0.29, 0.717) is 26.4 Å². The van der Waals surface area contributed by atoms with Gasteiger partial charge < -0.3 is 10.2 Å². The molecule has 2 aromatic carbocycles. The van der Waals surface area contributed by atoms with Crippen molar-refractivity contribution in [3.63, 3.8) is 0 Å². The van der Waals surface area contributed by atoms with Crippen LogP contribution in [0.4, 0.5) is 11.4 Å². The van der Waals surface area contributed by atoms with Gasteiger partial charge in [-0.1, -0.05) is 46.9 Å². The lowest BCUT2D eigenvalue weighted by atomic mass is 10.1. The van der Waals surface area contributed by atoms with E-state index in [-0.39, 0.29) is 24.8 Å². The van der Waals surface area contributed by atoms with Crippen LogP contribution in [0.3, 0.4) is 0 Å². The van der Waals surface area contributed by atoms with E-state index in [1.54, 1.807) is 42.5 Å². The normalized spacial score (nSPS) is 17.2. The molecule has 2 amide bonds. The molecule has 1 fully saturated rings. The lowest BCUT2D eigenvalue weighted by Crippen LogP contribution is -2.28. The highest BCUT2D eigenvalue weighted by atomic mass is 35.5. The molecule has 4 nitrogen and oxygen atoms in total. The van der Waals surface area contributed by atoms with E-state index in [4.69, 9.17) is 34.8 Å². The molecule has 1 aliphatic rings. The van der Waals surface area contributed by atoms with Crippen molar-refractivity contribution in [3.05, 3.63) is 57.5 Å². The molecule has 0 radical (unpaired) electrons. The zero-order chi connectivity index (χ0) is 17.3. The molecule has 0 aromatic heterocycles. The number of halogens is 3. The summed E-state index contributed by atoms with van der Waals surface area (Å²) in [6.07, 6.45) is 0.120. The van der Waals surface area contributed by atoms with E-state index >= 15 is 0 Å². The van der Waals surface area contributed by atoms with Crippen LogP contribution in [0, 0.1) is 5.92 Å². The van der Waals surface area contributed by atoms with E-state index in [1.807, 2.05) is 0 Å². The fourth-order valence-electron chi connectivity index (χ4n) is 2.61. The molecular formula is C17H13Cl3N2O2. The number of carbonyl (C=O) groups is 2. The number of rotatable bonds is 3. The van der Waals surface area contributed by atoms with Crippen molar-refractivity contribution in [2.75, 3.05) is 16.8 Å². The van der Waals surface area contributed by atoms with Gasteiger partial charge in [-0.05, 0) is 30.3 Å². The summed E-state index contributed by atoms with van der Waals surface area (Å²) in [5.74, 6) is -0.872. The largest absolute Gasteiger partial charge is 0.324 e. The van der Waals surface area contributed by atoms with Gasteiger partial charge in [0.2, 0.25) is 11.8 Å². The maximum absolute atomic E-state index is 12.4. The van der Waals surface area contributed by atoms with Crippen LogP contribution in [0.5, 0.6) is 0 Å². The van der Waals surface area contributed by atoms with Crippen molar-refractivity contribution in [2.24, 2.45) is 5.92 Å². The standard InChI is InChI=1S/C17H13Cl3N2O2/c18-11-5-6-15(13(20)8-11)22-9-10(7-16(22)23)17(24)21-14-4-2-1-3-12(14)19/h1-6,8,10H,7,9H2,(H,21,24). The van der Waals surface area contributed by atoms with Crippen LogP contribution in [0.25, 0.3) is 0 Å². The minimum atomic E-state index is -0.472. The minimum Gasteiger partial charge on any atom is -0.324 e. The van der Waals surface area contributed by atoms with Crippen LogP contribution in [-0.2, 0) is 9.59 Å². The van der Waals surface area contributed by atoms with Crippen LogP contribution < -0.4 is 10.2 Å². The fraction of sp³-hybridized carbons (Fsp3) is 0.176. The van der Waals surface area contributed by atoms with Gasteiger partial charge in [0.25, 0.3) is 0 Å². The summed E-state index contributed by atoms with van der Waals surface area (Å²) in [5.41, 5.74) is 1.08. The lowest BCUT2D eigenvalue weighted by molar-refractivity contribution is -0.122. The highest BCUT2D eigenvalue weighted by molar-refractivity contribution is 6.37. The van der Waals surface area contributed by atoms with Crippen molar-refractivity contribution in [2.45, 2.75) is 6.42 Å². The van der Waals surface area contributed by atoms with Crippen LogP contribution >= 0.6 is 34.8 Å². The first-order valence-corrected chi connectivity index (χ1v) is 8.40. The molecule has 1 unspecified atom stereocenters. The first-order chi connectivity index (χ1) is 11.5. The predicted molar refractivity (Wildman–Crippen MR) is 97.0 cm³/mol. The average molecular weight is 384 g/mol. The number of nitrogens with zero attached hydrogens (tertiary/aromatic N) is 1. The molecule has 0 aliphatic carbocycles. The highest BCUT2D eigenvalue weighted by Gasteiger charge is 2.36. The van der Waals surface area contributed by atoms with Gasteiger partial charge in [-0.15, -0.1) is 0 Å². The van der Waals surface area contributed by atoms with Gasteiger partial charge in [-0.25, -0.2) is 0 Å². The number of hydrogen-bond donors (Lipinski definition) is 1. The Labute approximate surface area is 154 Å². The second-order valence-corrected chi connectivity index (χ2v) is 6.72. The molecule has 0 spiro atoms. The van der Waals surface area contributed by atoms with Gasteiger partial charge in [0.05, 0.1) is 27.3 Å². The summed E-state index contributed by atoms with van der Waals surface area (Å²) in [6, 6.07) is 11.9. The number of amides is 2. The second-order valence-electron chi connectivity index (χ2n) is 5.47. The Hall–Kier alpha value is -1.75. The molecule has 1 atom stereocenters. The third kappa shape index (κ3) is 3.51. The Kier molecular flexibility index (Phi) is 4.99. The van der Waals surface area contributed by atoms with E-state index in [0.717, 1.165) is 0 Å². The number of benzene rings is 2. The van der Waals surface area contributed by atoms with Crippen molar-refractivity contribution >= 4 is 58.0 Å². The fourth-order valence-corrected chi connectivity index (χ4v) is 3.31. The summed E-state index contributed by atoms with van der Waals surface area (Å²) in [5, 5.41) is 4.08. The van der Waals surface area contributed by atoms with Crippen molar-refractivity contribution in [1.29, 1.82) is 0 Å². The van der Waals surface area contributed by atoms with Gasteiger partial charge in [-0.3, -0.25) is 9.59 Å². The molecule has 1 heterocycles. The molecular weight excluding hydrogens is 371 g/mol. The van der Waals surface area contributed by atoms with Gasteiger partial charge in [0, 0.05) is 18.0 Å².